The average molecular weight is 283 g/mol. The van der Waals surface area contributed by atoms with Crippen LogP contribution in [-0.4, -0.2) is 5.11 Å². The van der Waals surface area contributed by atoms with Crippen molar-refractivity contribution in [3.8, 4) is 0 Å². The normalized spacial score (nSPS) is 12.7. The van der Waals surface area contributed by atoms with Crippen molar-refractivity contribution in [1.29, 1.82) is 0 Å². The molecule has 0 amide bonds. The Morgan fingerprint density at radius 1 is 1.20 bits per heavy atom. The molecule has 15 heavy (non-hydrogen) atoms. The van der Waals surface area contributed by atoms with Crippen molar-refractivity contribution >= 4 is 27.3 Å². The second kappa shape index (κ2) is 4.92. The monoisotopic (exact) mass is 282 g/mol. The lowest BCUT2D eigenvalue weighted by Crippen LogP contribution is -1.99. The van der Waals surface area contributed by atoms with Gasteiger partial charge < -0.3 is 5.11 Å². The molecule has 1 atom stereocenters. The van der Waals surface area contributed by atoms with Gasteiger partial charge in [0.05, 0.1) is 6.10 Å². The molecule has 0 spiro atoms. The summed E-state index contributed by atoms with van der Waals surface area (Å²) < 4.78 is 1.07. The molecular formula is C12H11BrOS. The van der Waals surface area contributed by atoms with Gasteiger partial charge in [-0.15, -0.1) is 0 Å². The quantitative estimate of drug-likeness (QED) is 0.908. The number of benzene rings is 1. The molecular weight excluding hydrogens is 272 g/mol. The standard InChI is InChI=1S/C12H11BrOS/c13-11-3-1-9(2-4-11)7-12(14)10-5-6-15-8-10/h1-6,8,12,14H,7H2. The van der Waals surface area contributed by atoms with E-state index < -0.39 is 6.10 Å². The molecule has 0 aliphatic carbocycles. The first kappa shape index (κ1) is 10.9. The number of hydrogen-bond acceptors (Lipinski definition) is 2. The van der Waals surface area contributed by atoms with E-state index in [2.05, 4.69) is 15.9 Å². The highest BCUT2D eigenvalue weighted by atomic mass is 79.9. The molecule has 78 valence electrons. The van der Waals surface area contributed by atoms with Crippen LogP contribution in [0.1, 0.15) is 17.2 Å². The fourth-order valence-electron chi connectivity index (χ4n) is 1.43. The molecule has 0 radical (unpaired) electrons. The van der Waals surface area contributed by atoms with Crippen LogP contribution >= 0.6 is 27.3 Å². The molecule has 0 aliphatic heterocycles. The van der Waals surface area contributed by atoms with Crippen LogP contribution in [0.2, 0.25) is 0 Å². The molecule has 1 heterocycles. The summed E-state index contributed by atoms with van der Waals surface area (Å²) in [6.45, 7) is 0. The Morgan fingerprint density at radius 2 is 1.93 bits per heavy atom. The van der Waals surface area contributed by atoms with E-state index in [1.54, 1.807) is 11.3 Å². The number of thiophene rings is 1. The first-order valence-corrected chi connectivity index (χ1v) is 6.44. The SMILES string of the molecule is OC(Cc1ccc(Br)cc1)c1ccsc1. The van der Waals surface area contributed by atoms with Gasteiger partial charge in [0.15, 0.2) is 0 Å². The minimum Gasteiger partial charge on any atom is -0.388 e. The highest BCUT2D eigenvalue weighted by molar-refractivity contribution is 9.10. The van der Waals surface area contributed by atoms with Crippen molar-refractivity contribution in [2.24, 2.45) is 0 Å². The Bertz CT molecular complexity index is 408. The van der Waals surface area contributed by atoms with Gasteiger partial charge in [-0.2, -0.15) is 11.3 Å². The third-order valence-corrected chi connectivity index (χ3v) is 3.50. The lowest BCUT2D eigenvalue weighted by molar-refractivity contribution is 0.179. The molecule has 1 aromatic heterocycles. The zero-order valence-electron chi connectivity index (χ0n) is 8.06. The Labute approximate surface area is 102 Å². The maximum Gasteiger partial charge on any atom is 0.0838 e. The van der Waals surface area contributed by atoms with Crippen LogP contribution < -0.4 is 0 Å². The van der Waals surface area contributed by atoms with Crippen LogP contribution in [0.15, 0.2) is 45.6 Å². The second-order valence-electron chi connectivity index (χ2n) is 3.40. The molecule has 0 fully saturated rings. The van der Waals surface area contributed by atoms with Gasteiger partial charge in [0.2, 0.25) is 0 Å². The largest absolute Gasteiger partial charge is 0.388 e. The van der Waals surface area contributed by atoms with E-state index in [9.17, 15) is 5.11 Å². The van der Waals surface area contributed by atoms with E-state index in [1.807, 2.05) is 41.1 Å². The molecule has 1 nitrogen and oxygen atoms in total. The highest BCUT2D eigenvalue weighted by Crippen LogP contribution is 2.21. The van der Waals surface area contributed by atoms with Crippen molar-refractivity contribution in [2.45, 2.75) is 12.5 Å². The third kappa shape index (κ3) is 2.91. The van der Waals surface area contributed by atoms with E-state index in [1.165, 1.54) is 0 Å². The summed E-state index contributed by atoms with van der Waals surface area (Å²) >= 11 is 5.00. The molecule has 1 unspecified atom stereocenters. The number of halogens is 1. The van der Waals surface area contributed by atoms with Crippen molar-refractivity contribution in [3.05, 3.63) is 56.7 Å². The first-order valence-electron chi connectivity index (χ1n) is 4.70. The minimum atomic E-state index is -0.391. The van der Waals surface area contributed by atoms with Crippen molar-refractivity contribution < 1.29 is 5.11 Å². The topological polar surface area (TPSA) is 20.2 Å². The summed E-state index contributed by atoms with van der Waals surface area (Å²) in [4.78, 5) is 0. The summed E-state index contributed by atoms with van der Waals surface area (Å²) in [5.74, 6) is 0. The lowest BCUT2D eigenvalue weighted by Gasteiger charge is -2.08. The van der Waals surface area contributed by atoms with Gasteiger partial charge in [0, 0.05) is 10.9 Å². The Kier molecular flexibility index (Phi) is 3.57. The number of aliphatic hydroxyl groups excluding tert-OH is 1. The number of hydrogen-bond donors (Lipinski definition) is 1. The van der Waals surface area contributed by atoms with Gasteiger partial charge in [-0.3, -0.25) is 0 Å². The van der Waals surface area contributed by atoms with E-state index in [0.29, 0.717) is 6.42 Å². The predicted octanol–water partition coefficient (Wildman–Crippen LogP) is 3.79. The van der Waals surface area contributed by atoms with E-state index in [4.69, 9.17) is 0 Å². The second-order valence-corrected chi connectivity index (χ2v) is 5.10. The van der Waals surface area contributed by atoms with Crippen LogP contribution in [0.5, 0.6) is 0 Å². The summed E-state index contributed by atoms with van der Waals surface area (Å²) in [7, 11) is 0. The van der Waals surface area contributed by atoms with Gasteiger partial charge in [-0.25, -0.2) is 0 Å². The van der Waals surface area contributed by atoms with Crippen molar-refractivity contribution in [3.63, 3.8) is 0 Å². The number of rotatable bonds is 3. The Balaban J connectivity index is 2.06. The highest BCUT2D eigenvalue weighted by Gasteiger charge is 2.08. The van der Waals surface area contributed by atoms with Crippen LogP contribution in [0.4, 0.5) is 0 Å². The smallest absolute Gasteiger partial charge is 0.0838 e. The zero-order valence-corrected chi connectivity index (χ0v) is 10.5. The average Bonchev–Trinajstić information content (AvgIpc) is 2.74. The predicted molar refractivity (Wildman–Crippen MR) is 67.1 cm³/mol. The third-order valence-electron chi connectivity index (χ3n) is 2.27. The van der Waals surface area contributed by atoms with Gasteiger partial charge in [-0.05, 0) is 40.1 Å². The Hall–Kier alpha value is -0.640. The fraction of sp³-hybridized carbons (Fsp3) is 0.167. The molecule has 0 saturated carbocycles. The molecule has 0 saturated heterocycles. The number of aliphatic hydroxyl groups is 1. The molecule has 1 aromatic carbocycles. The van der Waals surface area contributed by atoms with Gasteiger partial charge >= 0.3 is 0 Å². The van der Waals surface area contributed by atoms with Crippen molar-refractivity contribution in [1.82, 2.24) is 0 Å². The molecule has 1 N–H and O–H groups in total. The molecule has 2 aromatic rings. The molecule has 0 aliphatic rings. The van der Waals surface area contributed by atoms with Gasteiger partial charge in [-0.1, -0.05) is 28.1 Å². The Morgan fingerprint density at radius 3 is 2.53 bits per heavy atom. The maximum absolute atomic E-state index is 9.93. The van der Waals surface area contributed by atoms with E-state index >= 15 is 0 Å². The minimum absolute atomic E-state index is 0.391. The maximum atomic E-state index is 9.93. The zero-order chi connectivity index (χ0) is 10.7. The summed E-state index contributed by atoms with van der Waals surface area (Å²) in [6, 6.07) is 10.0. The van der Waals surface area contributed by atoms with Gasteiger partial charge in [0.1, 0.15) is 0 Å². The van der Waals surface area contributed by atoms with Crippen LogP contribution in [0, 0.1) is 0 Å². The van der Waals surface area contributed by atoms with Crippen molar-refractivity contribution in [2.75, 3.05) is 0 Å². The fourth-order valence-corrected chi connectivity index (χ4v) is 2.40. The van der Waals surface area contributed by atoms with Gasteiger partial charge in [0.25, 0.3) is 0 Å². The summed E-state index contributed by atoms with van der Waals surface area (Å²) in [5, 5.41) is 13.9. The van der Waals surface area contributed by atoms with Crippen LogP contribution in [0.3, 0.4) is 0 Å². The molecule has 3 heteroatoms. The van der Waals surface area contributed by atoms with Crippen LogP contribution in [0.25, 0.3) is 0 Å². The van der Waals surface area contributed by atoms with E-state index in [0.717, 1.165) is 15.6 Å². The molecule has 2 rings (SSSR count). The van der Waals surface area contributed by atoms with Crippen LogP contribution in [-0.2, 0) is 6.42 Å². The summed E-state index contributed by atoms with van der Waals surface area (Å²) in [6.07, 6.45) is 0.279. The van der Waals surface area contributed by atoms with E-state index in [-0.39, 0.29) is 0 Å². The first-order chi connectivity index (χ1) is 7.25. The lowest BCUT2D eigenvalue weighted by atomic mass is 10.0. The molecule has 0 bridgehead atoms. The summed E-state index contributed by atoms with van der Waals surface area (Å²) in [5.41, 5.74) is 2.15.